The van der Waals surface area contributed by atoms with Gasteiger partial charge in [0.1, 0.15) is 17.1 Å². The van der Waals surface area contributed by atoms with Crippen molar-refractivity contribution in [3.8, 4) is 22.6 Å². The number of fused-ring (bicyclic) bond motifs is 1. The van der Waals surface area contributed by atoms with E-state index in [1.54, 1.807) is 0 Å². The molecule has 2 aromatic heterocycles. The van der Waals surface area contributed by atoms with Gasteiger partial charge >= 0.3 is 6.36 Å². The molecule has 0 unspecified atom stereocenters. The van der Waals surface area contributed by atoms with E-state index in [1.807, 2.05) is 0 Å². The van der Waals surface area contributed by atoms with Crippen LogP contribution >= 0.6 is 0 Å². The Morgan fingerprint density at radius 3 is 2.61 bits per heavy atom. The number of aromatic amines is 1. The van der Waals surface area contributed by atoms with E-state index in [1.165, 1.54) is 36.5 Å². The minimum absolute atomic E-state index is 0.132. The third-order valence-electron chi connectivity index (χ3n) is 3.14. The van der Waals surface area contributed by atoms with Crippen molar-refractivity contribution in [2.45, 2.75) is 6.36 Å². The topological polar surface area (TPSA) is 75.2 Å². The second kappa shape index (κ2) is 5.31. The molecule has 0 amide bonds. The molecule has 0 atom stereocenters. The lowest BCUT2D eigenvalue weighted by atomic mass is 10.0. The fourth-order valence-corrected chi connectivity index (χ4v) is 2.24. The molecule has 23 heavy (non-hydrogen) atoms. The molecule has 0 saturated carbocycles. The van der Waals surface area contributed by atoms with E-state index in [2.05, 4.69) is 14.7 Å². The number of hydrogen-bond acceptors (Lipinski definition) is 4. The van der Waals surface area contributed by atoms with Gasteiger partial charge in [-0.3, -0.25) is 4.79 Å². The van der Waals surface area contributed by atoms with E-state index < -0.39 is 23.4 Å². The summed E-state index contributed by atoms with van der Waals surface area (Å²) in [4.78, 5) is 18.5. The van der Waals surface area contributed by atoms with Gasteiger partial charge in [0.15, 0.2) is 0 Å². The Balaban J connectivity index is 2.28. The van der Waals surface area contributed by atoms with E-state index in [4.69, 9.17) is 0 Å². The van der Waals surface area contributed by atoms with Gasteiger partial charge in [-0.2, -0.15) is 0 Å². The minimum atomic E-state index is -4.92. The molecular weight excluding hydrogens is 313 g/mol. The second-order valence-corrected chi connectivity index (χ2v) is 4.62. The van der Waals surface area contributed by atoms with Gasteiger partial charge in [-0.15, -0.1) is 13.2 Å². The SMILES string of the molecule is O=c1[nH]c2ncccc2c(O)c1-c1ccccc1OC(F)(F)F. The van der Waals surface area contributed by atoms with Crippen LogP contribution in [-0.4, -0.2) is 21.4 Å². The molecule has 0 aliphatic rings. The van der Waals surface area contributed by atoms with Crippen LogP contribution in [0.4, 0.5) is 13.2 Å². The number of H-pyrrole nitrogens is 1. The van der Waals surface area contributed by atoms with Crippen LogP contribution in [0, 0.1) is 0 Å². The minimum Gasteiger partial charge on any atom is -0.506 e. The van der Waals surface area contributed by atoms with Gasteiger partial charge in [-0.25, -0.2) is 4.98 Å². The number of hydrogen-bond donors (Lipinski definition) is 2. The van der Waals surface area contributed by atoms with Crippen molar-refractivity contribution in [2.24, 2.45) is 0 Å². The summed E-state index contributed by atoms with van der Waals surface area (Å²) in [5.74, 6) is -1.04. The van der Waals surface area contributed by atoms with E-state index in [9.17, 15) is 23.1 Å². The van der Waals surface area contributed by atoms with E-state index in [0.717, 1.165) is 6.07 Å². The average Bonchev–Trinajstić information content (AvgIpc) is 2.47. The van der Waals surface area contributed by atoms with Crippen molar-refractivity contribution in [1.29, 1.82) is 0 Å². The first-order valence-corrected chi connectivity index (χ1v) is 6.42. The lowest BCUT2D eigenvalue weighted by molar-refractivity contribution is -0.274. The molecule has 0 radical (unpaired) electrons. The smallest absolute Gasteiger partial charge is 0.506 e. The number of halogens is 3. The van der Waals surface area contributed by atoms with Crippen molar-refractivity contribution in [3.05, 3.63) is 52.9 Å². The Morgan fingerprint density at radius 2 is 1.87 bits per heavy atom. The van der Waals surface area contributed by atoms with Crippen molar-refractivity contribution < 1.29 is 23.0 Å². The predicted octanol–water partition coefficient (Wildman–Crippen LogP) is 3.19. The van der Waals surface area contributed by atoms with Crippen LogP contribution in [0.25, 0.3) is 22.2 Å². The maximum atomic E-state index is 12.5. The van der Waals surface area contributed by atoms with Crippen LogP contribution in [0.2, 0.25) is 0 Å². The molecule has 2 N–H and O–H groups in total. The normalized spacial score (nSPS) is 11.6. The van der Waals surface area contributed by atoms with Crippen molar-refractivity contribution in [1.82, 2.24) is 9.97 Å². The summed E-state index contributed by atoms with van der Waals surface area (Å²) < 4.78 is 41.5. The third-order valence-corrected chi connectivity index (χ3v) is 3.14. The molecule has 0 aliphatic carbocycles. The molecule has 0 saturated heterocycles. The first kappa shape index (κ1) is 14.9. The fourth-order valence-electron chi connectivity index (χ4n) is 2.24. The molecule has 2 heterocycles. The number of para-hydroxylation sites is 1. The highest BCUT2D eigenvalue weighted by atomic mass is 19.4. The number of nitrogens with zero attached hydrogens (tertiary/aromatic N) is 1. The largest absolute Gasteiger partial charge is 0.573 e. The van der Waals surface area contributed by atoms with Crippen molar-refractivity contribution >= 4 is 11.0 Å². The van der Waals surface area contributed by atoms with Crippen LogP contribution in [0.5, 0.6) is 11.5 Å². The predicted molar refractivity (Wildman–Crippen MR) is 76.1 cm³/mol. The number of aromatic nitrogens is 2. The Kier molecular flexibility index (Phi) is 3.44. The molecule has 5 nitrogen and oxygen atoms in total. The van der Waals surface area contributed by atoms with Gasteiger partial charge in [0.2, 0.25) is 0 Å². The molecule has 0 bridgehead atoms. The number of rotatable bonds is 2. The fraction of sp³-hybridized carbons (Fsp3) is 0.0667. The van der Waals surface area contributed by atoms with Gasteiger partial charge in [0.25, 0.3) is 5.56 Å². The van der Waals surface area contributed by atoms with Crippen LogP contribution in [0.15, 0.2) is 47.4 Å². The first-order chi connectivity index (χ1) is 10.9. The molecule has 0 fully saturated rings. The Labute approximate surface area is 127 Å². The average molecular weight is 322 g/mol. The maximum Gasteiger partial charge on any atom is 0.573 e. The number of aromatic hydroxyl groups is 1. The van der Waals surface area contributed by atoms with Crippen LogP contribution in [-0.2, 0) is 0 Å². The lowest BCUT2D eigenvalue weighted by Gasteiger charge is -2.14. The highest BCUT2D eigenvalue weighted by molar-refractivity contribution is 5.90. The number of pyridine rings is 2. The molecular formula is C15H9F3N2O3. The van der Waals surface area contributed by atoms with E-state index >= 15 is 0 Å². The number of nitrogens with one attached hydrogen (secondary N) is 1. The molecule has 118 valence electrons. The number of ether oxygens (including phenoxy) is 1. The summed E-state index contributed by atoms with van der Waals surface area (Å²) in [6.07, 6.45) is -3.50. The van der Waals surface area contributed by atoms with Crippen LogP contribution < -0.4 is 10.3 Å². The van der Waals surface area contributed by atoms with Gasteiger partial charge in [-0.05, 0) is 18.2 Å². The standard InChI is InChI=1S/C15H9F3N2O3/c16-15(17,18)23-10-6-2-1-4-8(10)11-12(21)9-5-3-7-19-13(9)20-14(11)22/h1-7H,(H2,19,20,21,22). The van der Waals surface area contributed by atoms with Gasteiger partial charge in [0, 0.05) is 11.8 Å². The summed E-state index contributed by atoms with van der Waals surface area (Å²) in [5.41, 5.74) is -1.13. The first-order valence-electron chi connectivity index (χ1n) is 6.42. The zero-order valence-corrected chi connectivity index (χ0v) is 11.4. The number of benzene rings is 1. The second-order valence-electron chi connectivity index (χ2n) is 4.62. The molecule has 3 aromatic rings. The summed E-state index contributed by atoms with van der Waals surface area (Å²) in [7, 11) is 0. The summed E-state index contributed by atoms with van der Waals surface area (Å²) in [5, 5.41) is 10.5. The summed E-state index contributed by atoms with van der Waals surface area (Å²) >= 11 is 0. The summed E-state index contributed by atoms with van der Waals surface area (Å²) in [6.45, 7) is 0. The zero-order chi connectivity index (χ0) is 16.6. The maximum absolute atomic E-state index is 12.5. The van der Waals surface area contributed by atoms with Crippen LogP contribution in [0.3, 0.4) is 0 Å². The molecule has 3 rings (SSSR count). The van der Waals surface area contributed by atoms with E-state index in [0.29, 0.717) is 0 Å². The van der Waals surface area contributed by atoms with Gasteiger partial charge < -0.3 is 14.8 Å². The van der Waals surface area contributed by atoms with Gasteiger partial charge in [0.05, 0.1) is 10.9 Å². The number of alkyl halides is 3. The Morgan fingerprint density at radius 1 is 1.13 bits per heavy atom. The molecule has 8 heteroatoms. The quantitative estimate of drug-likeness (QED) is 0.760. The lowest BCUT2D eigenvalue weighted by Crippen LogP contribution is -2.18. The molecule has 0 aliphatic heterocycles. The van der Waals surface area contributed by atoms with Gasteiger partial charge in [-0.1, -0.05) is 18.2 Å². The zero-order valence-electron chi connectivity index (χ0n) is 11.4. The molecule has 1 aromatic carbocycles. The van der Waals surface area contributed by atoms with Crippen molar-refractivity contribution in [2.75, 3.05) is 0 Å². The molecule has 0 spiro atoms. The van der Waals surface area contributed by atoms with E-state index in [-0.39, 0.29) is 22.2 Å². The highest BCUT2D eigenvalue weighted by Crippen LogP contribution is 2.38. The Bertz CT molecular complexity index is 935. The third kappa shape index (κ3) is 2.83. The monoisotopic (exact) mass is 322 g/mol. The highest BCUT2D eigenvalue weighted by Gasteiger charge is 2.32. The summed E-state index contributed by atoms with van der Waals surface area (Å²) in [6, 6.07) is 8.11. The Hall–Kier alpha value is -3.03. The van der Waals surface area contributed by atoms with Crippen molar-refractivity contribution in [3.63, 3.8) is 0 Å². The van der Waals surface area contributed by atoms with Crippen LogP contribution in [0.1, 0.15) is 0 Å².